The molecule has 1 unspecified atom stereocenters. The molecule has 0 radical (unpaired) electrons. The first kappa shape index (κ1) is 13.3. The van der Waals surface area contributed by atoms with E-state index in [0.717, 1.165) is 23.6 Å². The molecular formula is C15H20N4. The SMILES string of the molecule is CCC(C)Nc1cc(C)nc(Nc2ccccc2)n1. The molecule has 0 aliphatic heterocycles. The van der Waals surface area contributed by atoms with Gasteiger partial charge in [-0.15, -0.1) is 0 Å². The minimum Gasteiger partial charge on any atom is -0.367 e. The Bertz CT molecular complexity index is 525. The molecule has 0 fully saturated rings. The van der Waals surface area contributed by atoms with Gasteiger partial charge >= 0.3 is 0 Å². The lowest BCUT2D eigenvalue weighted by Gasteiger charge is -2.14. The van der Waals surface area contributed by atoms with Gasteiger partial charge < -0.3 is 10.6 Å². The lowest BCUT2D eigenvalue weighted by molar-refractivity contribution is 0.758. The topological polar surface area (TPSA) is 49.8 Å². The number of anilines is 3. The normalized spacial score (nSPS) is 11.9. The zero-order valence-corrected chi connectivity index (χ0v) is 11.6. The Morgan fingerprint density at radius 1 is 1.16 bits per heavy atom. The van der Waals surface area contributed by atoms with Crippen LogP contribution in [-0.4, -0.2) is 16.0 Å². The molecule has 0 spiro atoms. The van der Waals surface area contributed by atoms with Crippen LogP contribution in [0.25, 0.3) is 0 Å². The highest BCUT2D eigenvalue weighted by molar-refractivity contribution is 5.55. The van der Waals surface area contributed by atoms with Crippen molar-refractivity contribution in [2.24, 2.45) is 0 Å². The van der Waals surface area contributed by atoms with Crippen LogP contribution < -0.4 is 10.6 Å². The summed E-state index contributed by atoms with van der Waals surface area (Å²) in [5.41, 5.74) is 1.93. The highest BCUT2D eigenvalue weighted by Crippen LogP contribution is 2.16. The van der Waals surface area contributed by atoms with Crippen molar-refractivity contribution >= 4 is 17.5 Å². The summed E-state index contributed by atoms with van der Waals surface area (Å²) in [6.45, 7) is 6.26. The quantitative estimate of drug-likeness (QED) is 0.855. The van der Waals surface area contributed by atoms with Gasteiger partial charge in [-0.2, -0.15) is 4.98 Å². The summed E-state index contributed by atoms with van der Waals surface area (Å²) in [7, 11) is 0. The molecule has 2 rings (SSSR count). The average molecular weight is 256 g/mol. The fourth-order valence-electron chi connectivity index (χ4n) is 1.70. The van der Waals surface area contributed by atoms with Crippen molar-refractivity contribution in [2.45, 2.75) is 33.2 Å². The molecule has 0 bridgehead atoms. The molecule has 0 saturated carbocycles. The van der Waals surface area contributed by atoms with E-state index >= 15 is 0 Å². The lowest BCUT2D eigenvalue weighted by atomic mass is 10.2. The number of benzene rings is 1. The van der Waals surface area contributed by atoms with Crippen LogP contribution in [0.1, 0.15) is 26.0 Å². The van der Waals surface area contributed by atoms with Crippen molar-refractivity contribution < 1.29 is 0 Å². The number of rotatable bonds is 5. The lowest BCUT2D eigenvalue weighted by Crippen LogP contribution is -2.15. The van der Waals surface area contributed by atoms with E-state index in [-0.39, 0.29) is 0 Å². The van der Waals surface area contributed by atoms with Gasteiger partial charge in [0.15, 0.2) is 0 Å². The van der Waals surface area contributed by atoms with Gasteiger partial charge in [-0.05, 0) is 32.4 Å². The van der Waals surface area contributed by atoms with Crippen LogP contribution in [0.15, 0.2) is 36.4 Å². The van der Waals surface area contributed by atoms with Crippen LogP contribution in [-0.2, 0) is 0 Å². The third-order valence-corrected chi connectivity index (χ3v) is 2.89. The molecule has 1 aromatic carbocycles. The van der Waals surface area contributed by atoms with Crippen molar-refractivity contribution in [3.8, 4) is 0 Å². The van der Waals surface area contributed by atoms with Gasteiger partial charge in [0.25, 0.3) is 0 Å². The van der Waals surface area contributed by atoms with Crippen LogP contribution in [0.3, 0.4) is 0 Å². The maximum atomic E-state index is 4.48. The number of aryl methyl sites for hydroxylation is 1. The average Bonchev–Trinajstić information content (AvgIpc) is 2.39. The largest absolute Gasteiger partial charge is 0.367 e. The van der Waals surface area contributed by atoms with Gasteiger partial charge in [0, 0.05) is 23.5 Å². The molecular weight excluding hydrogens is 236 g/mol. The van der Waals surface area contributed by atoms with Crippen molar-refractivity contribution in [1.82, 2.24) is 9.97 Å². The standard InChI is InChI=1S/C15H20N4/c1-4-11(2)16-14-10-12(3)17-15(19-14)18-13-8-6-5-7-9-13/h5-11H,4H2,1-3H3,(H2,16,17,18,19). The zero-order valence-electron chi connectivity index (χ0n) is 11.6. The highest BCUT2D eigenvalue weighted by Gasteiger charge is 2.05. The van der Waals surface area contributed by atoms with Crippen molar-refractivity contribution in [3.05, 3.63) is 42.1 Å². The number of aromatic nitrogens is 2. The molecule has 19 heavy (non-hydrogen) atoms. The second-order valence-corrected chi connectivity index (χ2v) is 4.66. The maximum Gasteiger partial charge on any atom is 0.229 e. The Hall–Kier alpha value is -2.10. The summed E-state index contributed by atoms with van der Waals surface area (Å²) in [5.74, 6) is 1.48. The minimum atomic E-state index is 0.402. The predicted octanol–water partition coefficient (Wildman–Crippen LogP) is 3.74. The van der Waals surface area contributed by atoms with Crippen LogP contribution >= 0.6 is 0 Å². The Kier molecular flexibility index (Phi) is 4.34. The molecule has 0 aliphatic rings. The number of para-hydroxylation sites is 1. The molecule has 0 amide bonds. The molecule has 1 atom stereocenters. The second-order valence-electron chi connectivity index (χ2n) is 4.66. The fraction of sp³-hybridized carbons (Fsp3) is 0.333. The maximum absolute atomic E-state index is 4.48. The van der Waals surface area contributed by atoms with Crippen LogP contribution in [0.2, 0.25) is 0 Å². The smallest absolute Gasteiger partial charge is 0.229 e. The number of hydrogen-bond donors (Lipinski definition) is 2. The molecule has 2 aromatic rings. The number of hydrogen-bond acceptors (Lipinski definition) is 4. The Balaban J connectivity index is 2.17. The summed E-state index contributed by atoms with van der Waals surface area (Å²) in [4.78, 5) is 8.88. The van der Waals surface area contributed by atoms with E-state index in [0.29, 0.717) is 12.0 Å². The Morgan fingerprint density at radius 2 is 1.89 bits per heavy atom. The molecule has 1 aromatic heterocycles. The zero-order chi connectivity index (χ0) is 13.7. The Morgan fingerprint density at radius 3 is 2.58 bits per heavy atom. The van der Waals surface area contributed by atoms with E-state index in [9.17, 15) is 0 Å². The molecule has 0 aliphatic carbocycles. The van der Waals surface area contributed by atoms with Gasteiger partial charge in [-0.3, -0.25) is 0 Å². The van der Waals surface area contributed by atoms with Crippen molar-refractivity contribution in [2.75, 3.05) is 10.6 Å². The van der Waals surface area contributed by atoms with E-state index in [1.807, 2.05) is 43.3 Å². The van der Waals surface area contributed by atoms with Gasteiger partial charge in [0.1, 0.15) is 5.82 Å². The van der Waals surface area contributed by atoms with E-state index in [1.54, 1.807) is 0 Å². The minimum absolute atomic E-state index is 0.402. The van der Waals surface area contributed by atoms with E-state index < -0.39 is 0 Å². The predicted molar refractivity (Wildman–Crippen MR) is 79.9 cm³/mol. The second kappa shape index (κ2) is 6.18. The summed E-state index contributed by atoms with van der Waals surface area (Å²) < 4.78 is 0. The summed E-state index contributed by atoms with van der Waals surface area (Å²) in [6.07, 6.45) is 1.06. The molecule has 100 valence electrons. The molecule has 0 saturated heterocycles. The first-order chi connectivity index (χ1) is 9.17. The molecule has 4 nitrogen and oxygen atoms in total. The third kappa shape index (κ3) is 3.95. The van der Waals surface area contributed by atoms with Crippen molar-refractivity contribution in [3.63, 3.8) is 0 Å². The van der Waals surface area contributed by atoms with Gasteiger partial charge in [0.05, 0.1) is 0 Å². The summed E-state index contributed by atoms with van der Waals surface area (Å²) >= 11 is 0. The third-order valence-electron chi connectivity index (χ3n) is 2.89. The molecule has 2 N–H and O–H groups in total. The number of nitrogens with zero attached hydrogens (tertiary/aromatic N) is 2. The monoisotopic (exact) mass is 256 g/mol. The Labute approximate surface area is 114 Å². The summed E-state index contributed by atoms with van der Waals surface area (Å²) in [6, 6.07) is 12.3. The van der Waals surface area contributed by atoms with Gasteiger partial charge in [0.2, 0.25) is 5.95 Å². The van der Waals surface area contributed by atoms with Gasteiger partial charge in [-0.1, -0.05) is 25.1 Å². The van der Waals surface area contributed by atoms with Crippen LogP contribution in [0.5, 0.6) is 0 Å². The van der Waals surface area contributed by atoms with E-state index in [2.05, 4.69) is 34.4 Å². The fourth-order valence-corrected chi connectivity index (χ4v) is 1.70. The van der Waals surface area contributed by atoms with Gasteiger partial charge in [-0.25, -0.2) is 4.98 Å². The van der Waals surface area contributed by atoms with Crippen molar-refractivity contribution in [1.29, 1.82) is 0 Å². The molecule has 4 heteroatoms. The summed E-state index contributed by atoms with van der Waals surface area (Å²) in [5, 5.41) is 6.58. The first-order valence-electron chi connectivity index (χ1n) is 6.61. The van der Waals surface area contributed by atoms with Crippen LogP contribution in [0.4, 0.5) is 17.5 Å². The van der Waals surface area contributed by atoms with Crippen LogP contribution in [0, 0.1) is 6.92 Å². The number of nitrogens with one attached hydrogen (secondary N) is 2. The van der Waals surface area contributed by atoms with E-state index in [1.165, 1.54) is 0 Å². The van der Waals surface area contributed by atoms with E-state index in [4.69, 9.17) is 0 Å². The highest BCUT2D eigenvalue weighted by atomic mass is 15.1. The molecule has 1 heterocycles. The first-order valence-corrected chi connectivity index (χ1v) is 6.61.